The Hall–Kier alpha value is -1.11. The minimum atomic E-state index is -0.710. The lowest BCUT2D eigenvalue weighted by atomic mass is 9.95. The number of methoxy groups -OCH3 is 1. The zero-order valence-corrected chi connectivity index (χ0v) is 16.1. The van der Waals surface area contributed by atoms with Crippen LogP contribution in [0.5, 0.6) is 0 Å². The van der Waals surface area contributed by atoms with Crippen molar-refractivity contribution in [3.63, 3.8) is 0 Å². The summed E-state index contributed by atoms with van der Waals surface area (Å²) >= 11 is 0. The first kappa shape index (κ1) is 20.9. The van der Waals surface area contributed by atoms with E-state index in [-0.39, 0.29) is 5.97 Å². The van der Waals surface area contributed by atoms with Gasteiger partial charge in [-0.2, -0.15) is 0 Å². The van der Waals surface area contributed by atoms with Crippen molar-refractivity contribution in [2.75, 3.05) is 26.0 Å². The normalized spacial score (nSPS) is 22.7. The second-order valence-electron chi connectivity index (χ2n) is 6.09. The van der Waals surface area contributed by atoms with Crippen LogP contribution in [-0.4, -0.2) is 53.4 Å². The van der Waals surface area contributed by atoms with Gasteiger partial charge in [0, 0.05) is 47.4 Å². The van der Waals surface area contributed by atoms with Gasteiger partial charge in [0.1, 0.15) is 0 Å². The van der Waals surface area contributed by atoms with Crippen LogP contribution in [0.2, 0.25) is 0 Å². The lowest BCUT2D eigenvalue weighted by Gasteiger charge is -2.30. The van der Waals surface area contributed by atoms with E-state index in [1.807, 2.05) is 13.8 Å². The second-order valence-corrected chi connectivity index (χ2v) is 8.10. The molecule has 0 aromatic heterocycles. The largest absolute Gasteiger partial charge is 0.469 e. The molecule has 1 aliphatic carbocycles. The number of nitrogens with zero attached hydrogens (tertiary/aromatic N) is 1. The van der Waals surface area contributed by atoms with E-state index in [2.05, 4.69) is 20.4 Å². The van der Waals surface area contributed by atoms with Crippen molar-refractivity contribution in [1.82, 2.24) is 10.6 Å². The van der Waals surface area contributed by atoms with Crippen LogP contribution < -0.4 is 10.6 Å². The summed E-state index contributed by atoms with van der Waals surface area (Å²) in [4.78, 5) is 15.7. The van der Waals surface area contributed by atoms with Gasteiger partial charge in [-0.1, -0.05) is 13.3 Å². The van der Waals surface area contributed by atoms with Crippen molar-refractivity contribution in [1.29, 1.82) is 0 Å². The van der Waals surface area contributed by atoms with Crippen LogP contribution in [0.3, 0.4) is 0 Å². The van der Waals surface area contributed by atoms with Gasteiger partial charge < -0.3 is 15.4 Å². The van der Waals surface area contributed by atoms with Crippen LogP contribution in [0, 0.1) is 0 Å². The monoisotopic (exact) mass is 359 g/mol. The van der Waals surface area contributed by atoms with Crippen LogP contribution in [0.4, 0.5) is 0 Å². The molecule has 6 nitrogen and oxygen atoms in total. The Labute approximate surface area is 148 Å². The molecule has 0 aromatic rings. The lowest BCUT2D eigenvalue weighted by molar-refractivity contribution is -0.140. The number of nitrogens with one attached hydrogen (secondary N) is 2. The molecule has 140 valence electrons. The molecule has 1 rings (SSSR count). The Morgan fingerprint density at radius 1 is 1.29 bits per heavy atom. The molecule has 0 heterocycles. The molecular formula is C17H33N3O3S. The molecule has 7 heteroatoms. The fourth-order valence-corrected chi connectivity index (χ4v) is 4.29. The lowest BCUT2D eigenvalue weighted by Crippen LogP contribution is -2.46. The highest BCUT2D eigenvalue weighted by molar-refractivity contribution is 7.85. The Bertz CT molecular complexity index is 429. The number of guanidine groups is 1. The molecule has 0 aliphatic heterocycles. The van der Waals surface area contributed by atoms with Crippen molar-refractivity contribution in [3.05, 3.63) is 0 Å². The van der Waals surface area contributed by atoms with Gasteiger partial charge >= 0.3 is 5.97 Å². The van der Waals surface area contributed by atoms with E-state index < -0.39 is 10.8 Å². The molecule has 3 atom stereocenters. The van der Waals surface area contributed by atoms with Crippen molar-refractivity contribution < 1.29 is 13.7 Å². The van der Waals surface area contributed by atoms with Gasteiger partial charge in [0.05, 0.1) is 7.11 Å². The van der Waals surface area contributed by atoms with Crippen LogP contribution in [0.1, 0.15) is 58.8 Å². The molecular weight excluding hydrogens is 326 g/mol. The molecule has 2 N–H and O–H groups in total. The predicted octanol–water partition coefficient (Wildman–Crippen LogP) is 1.96. The quantitative estimate of drug-likeness (QED) is 0.285. The van der Waals surface area contributed by atoms with E-state index in [9.17, 15) is 9.00 Å². The van der Waals surface area contributed by atoms with E-state index in [0.29, 0.717) is 24.3 Å². The zero-order valence-electron chi connectivity index (χ0n) is 15.3. The highest BCUT2D eigenvalue weighted by atomic mass is 32.2. The fourth-order valence-electron chi connectivity index (χ4n) is 2.94. The summed E-state index contributed by atoms with van der Waals surface area (Å²) in [6.45, 7) is 5.53. The minimum Gasteiger partial charge on any atom is -0.469 e. The summed E-state index contributed by atoms with van der Waals surface area (Å²) in [5.74, 6) is 1.40. The topological polar surface area (TPSA) is 79.8 Å². The van der Waals surface area contributed by atoms with Crippen LogP contribution in [0.25, 0.3) is 0 Å². The van der Waals surface area contributed by atoms with Crippen molar-refractivity contribution >= 4 is 22.7 Å². The Kier molecular flexibility index (Phi) is 10.7. The Balaban J connectivity index is 2.42. The molecule has 0 radical (unpaired) electrons. The summed E-state index contributed by atoms with van der Waals surface area (Å²) < 4.78 is 16.7. The van der Waals surface area contributed by atoms with E-state index in [1.54, 1.807) is 0 Å². The standard InChI is InChI=1S/C17H33N3O3S/c1-4-18-17(19-12-7-6-11-16(21)23-3)20-14-9-8-10-15(13-14)24(22)5-2/h14-15H,4-13H2,1-3H3,(H2,18,19,20). The van der Waals surface area contributed by atoms with Crippen molar-refractivity contribution in [2.45, 2.75) is 70.1 Å². The van der Waals surface area contributed by atoms with Gasteiger partial charge in [-0.25, -0.2) is 0 Å². The maximum atomic E-state index is 12.0. The summed E-state index contributed by atoms with van der Waals surface area (Å²) in [6.07, 6.45) is 6.34. The zero-order chi connectivity index (χ0) is 17.8. The number of hydrogen-bond acceptors (Lipinski definition) is 4. The second kappa shape index (κ2) is 12.3. The predicted molar refractivity (Wildman–Crippen MR) is 99.7 cm³/mol. The smallest absolute Gasteiger partial charge is 0.305 e. The number of carbonyl (C=O) groups is 1. The van der Waals surface area contributed by atoms with Gasteiger partial charge in [-0.3, -0.25) is 14.0 Å². The van der Waals surface area contributed by atoms with Crippen molar-refractivity contribution in [3.8, 4) is 0 Å². The van der Waals surface area contributed by atoms with Crippen LogP contribution in [-0.2, 0) is 20.3 Å². The molecule has 0 spiro atoms. The molecule has 1 fully saturated rings. The molecule has 1 aliphatic rings. The number of carbonyl (C=O) groups excluding carboxylic acids is 1. The van der Waals surface area contributed by atoms with Gasteiger partial charge in [-0.05, 0) is 39.0 Å². The number of rotatable bonds is 9. The first-order valence-corrected chi connectivity index (χ1v) is 10.5. The number of aliphatic imine (C=N–C) groups is 1. The number of ether oxygens (including phenoxy) is 1. The summed E-state index contributed by atoms with van der Waals surface area (Å²) in [7, 11) is 0.703. The average Bonchev–Trinajstić information content (AvgIpc) is 2.60. The van der Waals surface area contributed by atoms with E-state index >= 15 is 0 Å². The minimum absolute atomic E-state index is 0.166. The third kappa shape index (κ3) is 8.13. The summed E-state index contributed by atoms with van der Waals surface area (Å²) in [5.41, 5.74) is 0. The third-order valence-electron chi connectivity index (χ3n) is 4.25. The first-order chi connectivity index (χ1) is 11.6. The van der Waals surface area contributed by atoms with Crippen LogP contribution in [0.15, 0.2) is 4.99 Å². The molecule has 0 aromatic carbocycles. The highest BCUT2D eigenvalue weighted by Gasteiger charge is 2.25. The fraction of sp³-hybridized carbons (Fsp3) is 0.882. The molecule has 1 saturated carbocycles. The van der Waals surface area contributed by atoms with Crippen LogP contribution >= 0.6 is 0 Å². The maximum absolute atomic E-state index is 12.0. The van der Waals surface area contributed by atoms with E-state index in [1.165, 1.54) is 7.11 Å². The molecule has 24 heavy (non-hydrogen) atoms. The Morgan fingerprint density at radius 3 is 2.75 bits per heavy atom. The van der Waals surface area contributed by atoms with Gasteiger partial charge in [0.25, 0.3) is 0 Å². The van der Waals surface area contributed by atoms with E-state index in [0.717, 1.165) is 56.8 Å². The number of esters is 1. The molecule has 0 amide bonds. The third-order valence-corrected chi connectivity index (χ3v) is 5.99. The van der Waals surface area contributed by atoms with Gasteiger partial charge in [0.2, 0.25) is 0 Å². The Morgan fingerprint density at radius 2 is 2.08 bits per heavy atom. The molecule has 0 saturated heterocycles. The summed E-state index contributed by atoms with van der Waals surface area (Å²) in [6, 6.07) is 0.340. The average molecular weight is 360 g/mol. The highest BCUT2D eigenvalue weighted by Crippen LogP contribution is 2.22. The van der Waals surface area contributed by atoms with Gasteiger partial charge in [0.15, 0.2) is 5.96 Å². The molecule has 0 bridgehead atoms. The molecule has 3 unspecified atom stereocenters. The number of hydrogen-bond donors (Lipinski definition) is 2. The van der Waals surface area contributed by atoms with E-state index in [4.69, 9.17) is 0 Å². The number of unbranched alkanes of at least 4 members (excludes halogenated alkanes) is 1. The maximum Gasteiger partial charge on any atom is 0.305 e. The van der Waals surface area contributed by atoms with Crippen molar-refractivity contribution in [2.24, 2.45) is 4.99 Å². The SMILES string of the molecule is CCNC(=NCCCCC(=O)OC)NC1CCCC(S(=O)CC)C1. The van der Waals surface area contributed by atoms with Gasteiger partial charge in [-0.15, -0.1) is 0 Å². The summed E-state index contributed by atoms with van der Waals surface area (Å²) in [5, 5.41) is 7.07. The first-order valence-electron chi connectivity index (χ1n) is 9.09.